The van der Waals surface area contributed by atoms with Crippen LogP contribution in [0.5, 0.6) is 0 Å². The molecule has 0 bridgehead atoms. The lowest BCUT2D eigenvalue weighted by molar-refractivity contribution is 0.664. The fraction of sp³-hybridized carbons (Fsp3) is 0.143. The maximum absolute atomic E-state index is 8.83. The quantitative estimate of drug-likeness (QED) is 0.702. The Kier molecular flexibility index (Phi) is 2.55. The van der Waals surface area contributed by atoms with E-state index in [1.54, 1.807) is 13.1 Å². The van der Waals surface area contributed by atoms with Crippen molar-refractivity contribution in [1.82, 2.24) is 30.4 Å². The topological polar surface area (TPSA) is 93.2 Å². The first-order valence-corrected chi connectivity index (χ1v) is 4.75. The monoisotopic (exact) mass is 219 g/mol. The number of hydrogen-bond acceptors (Lipinski definition) is 7. The van der Waals surface area contributed by atoms with E-state index in [0.29, 0.717) is 15.7 Å². The van der Waals surface area contributed by atoms with E-state index in [9.17, 15) is 0 Å². The molecular weight excluding hydrogens is 214 g/mol. The molecule has 2 aromatic heterocycles. The molecule has 7 nitrogen and oxygen atoms in total. The Labute approximate surface area is 89.1 Å². The highest BCUT2D eigenvalue weighted by atomic mass is 32.2. The highest BCUT2D eigenvalue weighted by Crippen LogP contribution is 2.24. The van der Waals surface area contributed by atoms with Crippen molar-refractivity contribution in [3.8, 4) is 6.07 Å². The lowest BCUT2D eigenvalue weighted by Gasteiger charge is -1.98. The third-order valence-corrected chi connectivity index (χ3v) is 2.60. The Balaban J connectivity index is 2.33. The summed E-state index contributed by atoms with van der Waals surface area (Å²) >= 11 is 1.20. The zero-order chi connectivity index (χ0) is 10.7. The van der Waals surface area contributed by atoms with E-state index in [1.165, 1.54) is 22.6 Å². The predicted octanol–water partition coefficient (Wildman–Crippen LogP) is 0.0230. The molecule has 2 aromatic rings. The van der Waals surface area contributed by atoms with E-state index in [2.05, 4.69) is 25.7 Å². The standard InChI is InChI=1S/C7H5N7S/c1-14-7(11-12-13-14)15-6-5(4-8)2-3-9-10-6/h2-3H,1H3. The van der Waals surface area contributed by atoms with Crippen LogP contribution in [0.1, 0.15) is 5.56 Å². The summed E-state index contributed by atoms with van der Waals surface area (Å²) in [6.45, 7) is 0. The minimum absolute atomic E-state index is 0.456. The van der Waals surface area contributed by atoms with Crippen LogP contribution >= 0.6 is 11.8 Å². The van der Waals surface area contributed by atoms with Gasteiger partial charge in [0.1, 0.15) is 11.1 Å². The molecule has 0 N–H and O–H groups in total. The number of nitrogens with zero attached hydrogens (tertiary/aromatic N) is 7. The normalized spacial score (nSPS) is 9.87. The van der Waals surface area contributed by atoms with Crippen molar-refractivity contribution in [2.75, 3.05) is 0 Å². The molecule has 2 heterocycles. The fourth-order valence-corrected chi connectivity index (χ4v) is 1.60. The Bertz CT molecular complexity index is 514. The molecular formula is C7H5N7S. The second kappa shape index (κ2) is 4.02. The van der Waals surface area contributed by atoms with Gasteiger partial charge >= 0.3 is 0 Å². The molecule has 0 radical (unpaired) electrons. The summed E-state index contributed by atoms with van der Waals surface area (Å²) in [5.41, 5.74) is 0.456. The Morgan fingerprint density at radius 1 is 1.47 bits per heavy atom. The summed E-state index contributed by atoms with van der Waals surface area (Å²) in [7, 11) is 1.71. The van der Waals surface area contributed by atoms with E-state index < -0.39 is 0 Å². The summed E-state index contributed by atoms with van der Waals surface area (Å²) in [6.07, 6.45) is 1.47. The molecule has 0 spiro atoms. The second-order valence-corrected chi connectivity index (χ2v) is 3.50. The van der Waals surface area contributed by atoms with Crippen LogP contribution in [0.25, 0.3) is 0 Å². The average molecular weight is 219 g/mol. The molecule has 0 atom stereocenters. The number of aromatic nitrogens is 6. The minimum Gasteiger partial charge on any atom is -0.223 e. The number of hydrogen-bond donors (Lipinski definition) is 0. The third-order valence-electron chi connectivity index (χ3n) is 1.58. The van der Waals surface area contributed by atoms with Crippen LogP contribution in [-0.4, -0.2) is 30.4 Å². The lowest BCUT2D eigenvalue weighted by Crippen LogP contribution is -1.95. The number of tetrazole rings is 1. The van der Waals surface area contributed by atoms with Gasteiger partial charge in [0.05, 0.1) is 11.8 Å². The van der Waals surface area contributed by atoms with Crippen molar-refractivity contribution in [2.45, 2.75) is 10.2 Å². The van der Waals surface area contributed by atoms with Gasteiger partial charge in [-0.2, -0.15) is 10.4 Å². The fourth-order valence-electron chi connectivity index (χ4n) is 0.873. The van der Waals surface area contributed by atoms with Crippen molar-refractivity contribution in [2.24, 2.45) is 7.05 Å². The maximum Gasteiger partial charge on any atom is 0.215 e. The molecule has 0 saturated heterocycles. The van der Waals surface area contributed by atoms with Crippen molar-refractivity contribution in [3.05, 3.63) is 17.8 Å². The molecule has 0 saturated carbocycles. The first-order valence-electron chi connectivity index (χ1n) is 3.93. The molecule has 0 fully saturated rings. The SMILES string of the molecule is Cn1nnnc1Sc1nnccc1C#N. The van der Waals surface area contributed by atoms with E-state index >= 15 is 0 Å². The van der Waals surface area contributed by atoms with Gasteiger partial charge in [0.25, 0.3) is 0 Å². The van der Waals surface area contributed by atoms with Crippen LogP contribution in [0, 0.1) is 11.3 Å². The van der Waals surface area contributed by atoms with Crippen molar-refractivity contribution < 1.29 is 0 Å². The average Bonchev–Trinajstić information content (AvgIpc) is 2.65. The Morgan fingerprint density at radius 3 is 3.00 bits per heavy atom. The van der Waals surface area contributed by atoms with Gasteiger partial charge in [-0.15, -0.1) is 10.2 Å². The van der Waals surface area contributed by atoms with Gasteiger partial charge in [0.15, 0.2) is 0 Å². The largest absolute Gasteiger partial charge is 0.223 e. The van der Waals surface area contributed by atoms with Crippen LogP contribution in [0.15, 0.2) is 22.4 Å². The smallest absolute Gasteiger partial charge is 0.215 e. The molecule has 0 aliphatic rings. The van der Waals surface area contributed by atoms with Gasteiger partial charge in [-0.1, -0.05) is 0 Å². The first kappa shape index (κ1) is 9.54. The highest BCUT2D eigenvalue weighted by molar-refractivity contribution is 7.99. The van der Waals surface area contributed by atoms with Gasteiger partial charge < -0.3 is 0 Å². The zero-order valence-electron chi connectivity index (χ0n) is 7.69. The molecule has 2 rings (SSSR count). The van der Waals surface area contributed by atoms with Crippen molar-refractivity contribution in [3.63, 3.8) is 0 Å². The summed E-state index contributed by atoms with van der Waals surface area (Å²) in [6, 6.07) is 3.62. The molecule has 8 heteroatoms. The highest BCUT2D eigenvalue weighted by Gasteiger charge is 2.10. The number of aryl methyl sites for hydroxylation is 1. The van der Waals surface area contributed by atoms with Gasteiger partial charge in [-0.25, -0.2) is 4.68 Å². The van der Waals surface area contributed by atoms with Gasteiger partial charge in [0.2, 0.25) is 5.16 Å². The van der Waals surface area contributed by atoms with Crippen LogP contribution < -0.4 is 0 Å². The van der Waals surface area contributed by atoms with Gasteiger partial charge in [-0.05, 0) is 28.3 Å². The Morgan fingerprint density at radius 2 is 2.33 bits per heavy atom. The van der Waals surface area contributed by atoms with Crippen LogP contribution in [0.4, 0.5) is 0 Å². The van der Waals surface area contributed by atoms with Gasteiger partial charge in [0, 0.05) is 7.05 Å². The third kappa shape index (κ3) is 1.92. The predicted molar refractivity (Wildman–Crippen MR) is 49.7 cm³/mol. The molecule has 0 aliphatic carbocycles. The summed E-state index contributed by atoms with van der Waals surface area (Å²) in [5.74, 6) is 0. The molecule has 0 unspecified atom stereocenters. The maximum atomic E-state index is 8.83. The molecule has 0 amide bonds. The van der Waals surface area contributed by atoms with Crippen LogP contribution in [0.2, 0.25) is 0 Å². The second-order valence-electron chi connectivity index (χ2n) is 2.55. The van der Waals surface area contributed by atoms with E-state index in [-0.39, 0.29) is 0 Å². The molecule has 74 valence electrons. The molecule has 0 aromatic carbocycles. The summed E-state index contributed by atoms with van der Waals surface area (Å²) in [5, 5.41) is 28.4. The first-order chi connectivity index (χ1) is 7.31. The van der Waals surface area contributed by atoms with Crippen molar-refractivity contribution in [1.29, 1.82) is 5.26 Å². The number of rotatable bonds is 2. The molecule has 0 aliphatic heterocycles. The lowest BCUT2D eigenvalue weighted by atomic mass is 10.3. The van der Waals surface area contributed by atoms with Gasteiger partial charge in [-0.3, -0.25) is 0 Å². The summed E-state index contributed by atoms with van der Waals surface area (Å²) < 4.78 is 1.50. The van der Waals surface area contributed by atoms with Crippen molar-refractivity contribution >= 4 is 11.8 Å². The van der Waals surface area contributed by atoms with E-state index in [0.717, 1.165) is 0 Å². The minimum atomic E-state index is 0.456. The van der Waals surface area contributed by atoms with Crippen LogP contribution in [0.3, 0.4) is 0 Å². The van der Waals surface area contributed by atoms with E-state index in [1.807, 2.05) is 6.07 Å². The van der Waals surface area contributed by atoms with E-state index in [4.69, 9.17) is 5.26 Å². The summed E-state index contributed by atoms with van der Waals surface area (Å²) in [4.78, 5) is 0. The zero-order valence-corrected chi connectivity index (χ0v) is 8.51. The van der Waals surface area contributed by atoms with Crippen LogP contribution in [-0.2, 0) is 7.05 Å². The Hall–Kier alpha value is -2.01. The number of nitriles is 1. The molecule has 15 heavy (non-hydrogen) atoms.